The molecule has 5 heterocycles. The third kappa shape index (κ3) is 4.63. The van der Waals surface area contributed by atoms with Crippen LogP contribution in [0.3, 0.4) is 0 Å². The molecule has 0 radical (unpaired) electrons. The molecule has 0 bridgehead atoms. The van der Waals surface area contributed by atoms with Crippen molar-refractivity contribution in [2.45, 2.75) is 70.6 Å². The number of nitrogens with zero attached hydrogens (tertiary/aromatic N) is 6. The van der Waals surface area contributed by atoms with E-state index in [0.717, 1.165) is 60.8 Å². The van der Waals surface area contributed by atoms with Crippen LogP contribution in [0.5, 0.6) is 0 Å². The summed E-state index contributed by atoms with van der Waals surface area (Å²) in [5.74, 6) is 1.94. The van der Waals surface area contributed by atoms with Crippen molar-refractivity contribution in [1.29, 1.82) is 0 Å². The Labute approximate surface area is 230 Å². The van der Waals surface area contributed by atoms with Crippen molar-refractivity contribution < 1.29 is 9.26 Å². The third-order valence-corrected chi connectivity index (χ3v) is 8.89. The minimum Gasteiger partial charge on any atom is -0.374 e. The first-order valence-electron chi connectivity index (χ1n) is 14.0. The number of hydrogen-bond donors (Lipinski definition) is 1. The minimum atomic E-state index is -0.629. The number of ether oxygens (including phenoxy) is 1. The molecule has 0 amide bonds. The molecule has 3 aliphatic rings. The van der Waals surface area contributed by atoms with Crippen LogP contribution in [-0.2, 0) is 11.3 Å². The Hall–Kier alpha value is -3.24. The van der Waals surface area contributed by atoms with E-state index in [1.807, 2.05) is 12.1 Å². The number of aromatic nitrogens is 6. The van der Waals surface area contributed by atoms with Gasteiger partial charge in [0.15, 0.2) is 0 Å². The smallest absolute Gasteiger partial charge is 0.374 e. The molecule has 1 saturated heterocycles. The molecule has 1 N–H and O–H groups in total. The maximum Gasteiger partial charge on any atom is 0.439 e. The quantitative estimate of drug-likeness (QED) is 0.367. The Balaban J connectivity index is 1.44. The fourth-order valence-corrected chi connectivity index (χ4v) is 6.86. The molecule has 11 heteroatoms. The first-order chi connectivity index (χ1) is 19.0. The first-order valence-corrected chi connectivity index (χ1v) is 14.4. The monoisotopic (exact) mass is 549 g/mol. The van der Waals surface area contributed by atoms with Crippen LogP contribution >= 0.6 is 11.6 Å². The van der Waals surface area contributed by atoms with Gasteiger partial charge in [-0.05, 0) is 56.1 Å². The fourth-order valence-electron chi connectivity index (χ4n) is 6.68. The molecule has 3 fully saturated rings. The Kier molecular flexibility index (Phi) is 6.39. The van der Waals surface area contributed by atoms with Gasteiger partial charge in [-0.25, -0.2) is 14.8 Å². The van der Waals surface area contributed by atoms with E-state index in [2.05, 4.69) is 31.5 Å². The highest BCUT2D eigenvalue weighted by Crippen LogP contribution is 2.39. The zero-order valence-corrected chi connectivity index (χ0v) is 22.7. The number of H-pyrrole nitrogens is 1. The van der Waals surface area contributed by atoms with E-state index in [1.54, 1.807) is 12.4 Å². The molecule has 4 aromatic rings. The lowest BCUT2D eigenvalue weighted by molar-refractivity contribution is 0.0247. The van der Waals surface area contributed by atoms with Crippen molar-refractivity contribution in [1.82, 2.24) is 29.7 Å². The Morgan fingerprint density at radius 2 is 1.97 bits per heavy atom. The van der Waals surface area contributed by atoms with Crippen LogP contribution in [0.25, 0.3) is 33.8 Å². The van der Waals surface area contributed by atoms with Crippen molar-refractivity contribution in [2.24, 2.45) is 11.8 Å². The third-order valence-electron chi connectivity index (χ3n) is 8.68. The van der Waals surface area contributed by atoms with E-state index < -0.39 is 5.76 Å². The SMILES string of the molecule is CC1CCC(Cn2c(N3CCO[C@@H]4CCCC43)nc3cc(-c4noc(=O)[nH]4)nc(-c4cncc(Cl)c4)c32)CC1. The van der Waals surface area contributed by atoms with Gasteiger partial charge in [0.1, 0.15) is 5.69 Å². The molecule has 2 atom stereocenters. The summed E-state index contributed by atoms with van der Waals surface area (Å²) in [6.07, 6.45) is 11.9. The topological polar surface area (TPSA) is 115 Å². The van der Waals surface area contributed by atoms with Gasteiger partial charge in [0.25, 0.3) is 0 Å². The lowest BCUT2D eigenvalue weighted by Gasteiger charge is -2.39. The second-order valence-electron chi connectivity index (χ2n) is 11.3. The van der Waals surface area contributed by atoms with Crippen LogP contribution in [0, 0.1) is 11.8 Å². The van der Waals surface area contributed by atoms with Crippen molar-refractivity contribution in [3.05, 3.63) is 40.1 Å². The fraction of sp³-hybridized carbons (Fsp3) is 0.536. The molecule has 7 rings (SSSR count). The molecular weight excluding hydrogens is 518 g/mol. The van der Waals surface area contributed by atoms with Gasteiger partial charge in [0, 0.05) is 31.0 Å². The molecule has 4 aromatic heterocycles. The molecule has 2 saturated carbocycles. The van der Waals surface area contributed by atoms with Crippen LogP contribution < -0.4 is 10.7 Å². The summed E-state index contributed by atoms with van der Waals surface area (Å²) in [5, 5.41) is 4.42. The molecule has 0 aromatic carbocycles. The number of halogens is 1. The van der Waals surface area contributed by atoms with Crippen LogP contribution in [0.1, 0.15) is 51.9 Å². The molecule has 0 spiro atoms. The highest BCUT2D eigenvalue weighted by molar-refractivity contribution is 6.30. The maximum atomic E-state index is 11.8. The van der Waals surface area contributed by atoms with Gasteiger partial charge in [-0.3, -0.25) is 14.5 Å². The van der Waals surface area contributed by atoms with E-state index in [1.165, 1.54) is 25.7 Å². The standard InChI is InChI=1S/C28H32ClN7O3/c1-16-5-7-17(8-6-16)15-36-25-20(32-27(36)35-9-10-38-23-4-2-3-22(23)35)12-21(26-33-28(37)39-34-26)31-24(25)18-11-19(29)14-30-13-18/h11-14,16-17,22-23H,2-10,15H2,1H3,(H,33,34,37)/t16?,17?,22?,23-/m1/s1. The summed E-state index contributed by atoms with van der Waals surface area (Å²) in [4.78, 5) is 31.5. The number of imidazole rings is 1. The number of anilines is 1. The van der Waals surface area contributed by atoms with Crippen molar-refractivity contribution >= 4 is 28.6 Å². The zero-order valence-electron chi connectivity index (χ0n) is 22.0. The lowest BCUT2D eigenvalue weighted by Crippen LogP contribution is -2.49. The number of hydrogen-bond acceptors (Lipinski definition) is 8. The minimum absolute atomic E-state index is 0.244. The highest BCUT2D eigenvalue weighted by atomic mass is 35.5. The Morgan fingerprint density at radius 3 is 2.77 bits per heavy atom. The molecule has 1 unspecified atom stereocenters. The molecular formula is C28H32ClN7O3. The van der Waals surface area contributed by atoms with Gasteiger partial charge in [-0.2, -0.15) is 0 Å². The zero-order chi connectivity index (χ0) is 26.5. The summed E-state index contributed by atoms with van der Waals surface area (Å²) in [6.45, 7) is 4.72. The predicted octanol–water partition coefficient (Wildman–Crippen LogP) is 5.07. The van der Waals surface area contributed by atoms with Crippen molar-refractivity contribution in [3.8, 4) is 22.8 Å². The van der Waals surface area contributed by atoms with E-state index in [4.69, 9.17) is 30.8 Å². The number of aromatic amines is 1. The molecule has 39 heavy (non-hydrogen) atoms. The average molecular weight is 550 g/mol. The summed E-state index contributed by atoms with van der Waals surface area (Å²) < 4.78 is 13.3. The highest BCUT2D eigenvalue weighted by Gasteiger charge is 2.39. The maximum absolute atomic E-state index is 11.8. The van der Waals surface area contributed by atoms with Gasteiger partial charge in [0.05, 0.1) is 40.5 Å². The van der Waals surface area contributed by atoms with Crippen molar-refractivity contribution in [2.75, 3.05) is 18.1 Å². The van der Waals surface area contributed by atoms with E-state index in [9.17, 15) is 4.79 Å². The average Bonchev–Trinajstić information content (AvgIpc) is 3.68. The number of pyridine rings is 2. The summed E-state index contributed by atoms with van der Waals surface area (Å²) >= 11 is 6.39. The predicted molar refractivity (Wildman–Crippen MR) is 148 cm³/mol. The molecule has 2 aliphatic carbocycles. The van der Waals surface area contributed by atoms with Crippen molar-refractivity contribution in [3.63, 3.8) is 0 Å². The van der Waals surface area contributed by atoms with Crippen LogP contribution in [0.15, 0.2) is 33.8 Å². The number of nitrogens with one attached hydrogen (secondary N) is 1. The van der Waals surface area contributed by atoms with E-state index in [-0.39, 0.29) is 11.9 Å². The summed E-state index contributed by atoms with van der Waals surface area (Å²) in [7, 11) is 0. The van der Waals surface area contributed by atoms with Gasteiger partial charge < -0.3 is 14.2 Å². The normalized spacial score (nSPS) is 25.3. The largest absolute Gasteiger partial charge is 0.439 e. The lowest BCUT2D eigenvalue weighted by atomic mass is 9.83. The van der Waals surface area contributed by atoms with Crippen LogP contribution in [0.4, 0.5) is 5.95 Å². The van der Waals surface area contributed by atoms with Gasteiger partial charge in [0.2, 0.25) is 11.8 Å². The second kappa shape index (κ2) is 10.1. The number of morpholine rings is 1. The molecule has 204 valence electrons. The number of fused-ring (bicyclic) bond motifs is 2. The van der Waals surface area contributed by atoms with Crippen LogP contribution in [-0.4, -0.2) is 55.0 Å². The van der Waals surface area contributed by atoms with E-state index in [0.29, 0.717) is 35.0 Å². The summed E-state index contributed by atoms with van der Waals surface area (Å²) in [6, 6.07) is 4.07. The molecule has 10 nitrogen and oxygen atoms in total. The van der Waals surface area contributed by atoms with Gasteiger partial charge >= 0.3 is 5.76 Å². The van der Waals surface area contributed by atoms with Gasteiger partial charge in [-0.1, -0.05) is 36.5 Å². The number of rotatable bonds is 5. The first kappa shape index (κ1) is 24.8. The second-order valence-corrected chi connectivity index (χ2v) is 11.7. The summed E-state index contributed by atoms with van der Waals surface area (Å²) in [5.41, 5.74) is 3.71. The van der Waals surface area contributed by atoms with E-state index >= 15 is 0 Å². The van der Waals surface area contributed by atoms with Gasteiger partial charge in [-0.15, -0.1) is 0 Å². The Morgan fingerprint density at radius 1 is 1.10 bits per heavy atom. The molecule has 1 aliphatic heterocycles. The Bertz CT molecular complexity index is 1550. The van der Waals surface area contributed by atoms with Crippen LogP contribution in [0.2, 0.25) is 5.02 Å².